The van der Waals surface area contributed by atoms with Gasteiger partial charge in [0, 0.05) is 6.54 Å². The molecule has 2 aromatic rings. The fraction of sp³-hybridized carbons (Fsp3) is 0.273. The molecule has 0 radical (unpaired) electrons. The van der Waals surface area contributed by atoms with Crippen molar-refractivity contribution in [2.75, 3.05) is 11.9 Å². The molecule has 90 valence electrons. The maximum Gasteiger partial charge on any atom is 0.190 e. The average molecular weight is 286 g/mol. The van der Waals surface area contributed by atoms with Crippen LogP contribution in [-0.2, 0) is 0 Å². The van der Waals surface area contributed by atoms with Crippen molar-refractivity contribution in [1.29, 1.82) is 0 Å². The number of halogens is 1. The Morgan fingerprint density at radius 2 is 2.35 bits per heavy atom. The van der Waals surface area contributed by atoms with E-state index >= 15 is 0 Å². The monoisotopic (exact) mass is 285 g/mol. The van der Waals surface area contributed by atoms with Gasteiger partial charge in [0.15, 0.2) is 10.2 Å². The molecule has 0 saturated carbocycles. The van der Waals surface area contributed by atoms with Crippen molar-refractivity contribution in [2.45, 2.75) is 13.3 Å². The van der Waals surface area contributed by atoms with Crippen molar-refractivity contribution >= 4 is 55.6 Å². The number of benzene rings is 1. The Hall–Kier alpha value is -0.910. The lowest BCUT2D eigenvalue weighted by atomic mass is 10.3. The van der Waals surface area contributed by atoms with Crippen LogP contribution >= 0.6 is 35.2 Å². The molecule has 0 unspecified atom stereocenters. The highest BCUT2D eigenvalue weighted by atomic mass is 35.5. The predicted molar refractivity (Wildman–Crippen MR) is 79.1 cm³/mol. The topological polar surface area (TPSA) is 37.0 Å². The molecule has 2 rings (SSSR count). The van der Waals surface area contributed by atoms with Gasteiger partial charge in [0.05, 0.1) is 9.72 Å². The van der Waals surface area contributed by atoms with Gasteiger partial charge in [-0.05, 0) is 30.8 Å². The summed E-state index contributed by atoms with van der Waals surface area (Å²) in [4.78, 5) is 4.41. The van der Waals surface area contributed by atoms with E-state index in [1.54, 1.807) is 0 Å². The average Bonchev–Trinajstić information content (AvgIpc) is 2.70. The Balaban J connectivity index is 2.14. The van der Waals surface area contributed by atoms with E-state index in [0.29, 0.717) is 10.1 Å². The minimum Gasteiger partial charge on any atom is -0.362 e. The normalized spacial score (nSPS) is 10.5. The lowest BCUT2D eigenvalue weighted by Gasteiger charge is -2.05. The summed E-state index contributed by atoms with van der Waals surface area (Å²) in [6.45, 7) is 2.95. The van der Waals surface area contributed by atoms with E-state index < -0.39 is 0 Å². The molecule has 1 aromatic heterocycles. The van der Waals surface area contributed by atoms with Gasteiger partial charge in [0.25, 0.3) is 0 Å². The standard InChI is InChI=1S/C11H12ClN3S2/c1-2-6-13-10(16)15-11-14-9-7(12)4-3-5-8(9)17-11/h3-5H,2,6H2,1H3,(H2,13,14,15,16). The second-order valence-electron chi connectivity index (χ2n) is 3.49. The molecule has 3 nitrogen and oxygen atoms in total. The van der Waals surface area contributed by atoms with Gasteiger partial charge >= 0.3 is 0 Å². The quantitative estimate of drug-likeness (QED) is 0.844. The summed E-state index contributed by atoms with van der Waals surface area (Å²) in [5, 5.41) is 8.19. The summed E-state index contributed by atoms with van der Waals surface area (Å²) >= 11 is 12.7. The van der Waals surface area contributed by atoms with Gasteiger partial charge in [0.2, 0.25) is 0 Å². The molecule has 0 saturated heterocycles. The lowest BCUT2D eigenvalue weighted by Crippen LogP contribution is -2.28. The van der Waals surface area contributed by atoms with Gasteiger partial charge < -0.3 is 10.6 Å². The molecule has 0 atom stereocenters. The van der Waals surface area contributed by atoms with E-state index in [2.05, 4.69) is 22.5 Å². The molecule has 0 spiro atoms. The second kappa shape index (κ2) is 5.62. The molecule has 17 heavy (non-hydrogen) atoms. The van der Waals surface area contributed by atoms with Gasteiger partial charge in [-0.1, -0.05) is 35.9 Å². The SMILES string of the molecule is CCCNC(=S)Nc1nc2c(Cl)cccc2s1. The summed E-state index contributed by atoms with van der Waals surface area (Å²) in [5.41, 5.74) is 0.819. The van der Waals surface area contributed by atoms with Crippen LogP contribution in [0.1, 0.15) is 13.3 Å². The number of nitrogens with one attached hydrogen (secondary N) is 2. The minimum absolute atomic E-state index is 0.599. The van der Waals surface area contributed by atoms with Crippen LogP contribution in [0.5, 0.6) is 0 Å². The summed E-state index contributed by atoms with van der Waals surface area (Å²) in [6.07, 6.45) is 1.04. The Morgan fingerprint density at radius 1 is 1.53 bits per heavy atom. The Bertz CT molecular complexity index is 538. The van der Waals surface area contributed by atoms with Crippen LogP contribution < -0.4 is 10.6 Å². The minimum atomic E-state index is 0.599. The molecule has 0 amide bonds. The molecule has 0 bridgehead atoms. The number of thiocarbonyl (C=S) groups is 1. The van der Waals surface area contributed by atoms with Crippen molar-refractivity contribution in [3.8, 4) is 0 Å². The third-order valence-electron chi connectivity index (χ3n) is 2.13. The molecular weight excluding hydrogens is 274 g/mol. The predicted octanol–water partition coefficient (Wildman–Crippen LogP) is 3.65. The number of thiazole rings is 1. The zero-order valence-corrected chi connectivity index (χ0v) is 11.7. The number of nitrogens with zero attached hydrogens (tertiary/aromatic N) is 1. The Labute approximate surface area is 114 Å². The van der Waals surface area contributed by atoms with Gasteiger partial charge in [-0.15, -0.1) is 0 Å². The molecule has 1 heterocycles. The first-order valence-corrected chi connectivity index (χ1v) is 6.91. The number of hydrogen-bond acceptors (Lipinski definition) is 3. The zero-order valence-electron chi connectivity index (χ0n) is 9.29. The zero-order chi connectivity index (χ0) is 12.3. The Kier molecular flexibility index (Phi) is 4.15. The van der Waals surface area contributed by atoms with Crippen molar-refractivity contribution in [3.63, 3.8) is 0 Å². The van der Waals surface area contributed by atoms with Crippen molar-refractivity contribution in [3.05, 3.63) is 23.2 Å². The van der Waals surface area contributed by atoms with Crippen LogP contribution in [0.25, 0.3) is 10.2 Å². The van der Waals surface area contributed by atoms with E-state index in [4.69, 9.17) is 23.8 Å². The molecule has 6 heteroatoms. The van der Waals surface area contributed by atoms with Crippen molar-refractivity contribution in [2.24, 2.45) is 0 Å². The van der Waals surface area contributed by atoms with Crippen LogP contribution in [0.3, 0.4) is 0 Å². The Morgan fingerprint density at radius 3 is 3.06 bits per heavy atom. The van der Waals surface area contributed by atoms with Crippen LogP contribution in [0.15, 0.2) is 18.2 Å². The lowest BCUT2D eigenvalue weighted by molar-refractivity contribution is 0.846. The fourth-order valence-electron chi connectivity index (χ4n) is 1.35. The largest absolute Gasteiger partial charge is 0.362 e. The van der Waals surface area contributed by atoms with Crippen LogP contribution in [-0.4, -0.2) is 16.6 Å². The van der Waals surface area contributed by atoms with Crippen LogP contribution in [0, 0.1) is 0 Å². The van der Waals surface area contributed by atoms with Crippen molar-refractivity contribution in [1.82, 2.24) is 10.3 Å². The molecule has 0 aliphatic heterocycles. The third-order valence-corrected chi connectivity index (χ3v) is 3.61. The molecule has 0 aliphatic rings. The van der Waals surface area contributed by atoms with Gasteiger partial charge in [-0.2, -0.15) is 0 Å². The number of aromatic nitrogens is 1. The smallest absolute Gasteiger partial charge is 0.190 e. The van der Waals surface area contributed by atoms with Crippen LogP contribution in [0.4, 0.5) is 5.13 Å². The highest BCUT2D eigenvalue weighted by Crippen LogP contribution is 2.30. The van der Waals surface area contributed by atoms with Gasteiger partial charge in [-0.3, -0.25) is 0 Å². The van der Waals surface area contributed by atoms with E-state index in [0.717, 1.165) is 28.3 Å². The number of anilines is 1. The first-order valence-electron chi connectivity index (χ1n) is 5.30. The van der Waals surface area contributed by atoms with Gasteiger partial charge in [0.1, 0.15) is 5.52 Å². The maximum absolute atomic E-state index is 6.06. The number of rotatable bonds is 3. The summed E-state index contributed by atoms with van der Waals surface area (Å²) < 4.78 is 1.05. The van der Waals surface area contributed by atoms with E-state index in [1.165, 1.54) is 11.3 Å². The fourth-order valence-corrected chi connectivity index (χ4v) is 2.78. The first-order chi connectivity index (χ1) is 8.20. The number of hydrogen-bond donors (Lipinski definition) is 2. The molecule has 2 N–H and O–H groups in total. The molecule has 0 aliphatic carbocycles. The highest BCUT2D eigenvalue weighted by molar-refractivity contribution is 7.80. The van der Waals surface area contributed by atoms with Gasteiger partial charge in [-0.25, -0.2) is 4.98 Å². The first kappa shape index (κ1) is 12.5. The summed E-state index contributed by atoms with van der Waals surface area (Å²) in [6, 6.07) is 5.74. The van der Waals surface area contributed by atoms with E-state index in [9.17, 15) is 0 Å². The summed E-state index contributed by atoms with van der Waals surface area (Å²) in [5.74, 6) is 0. The third kappa shape index (κ3) is 3.06. The van der Waals surface area contributed by atoms with Crippen molar-refractivity contribution < 1.29 is 0 Å². The van der Waals surface area contributed by atoms with Crippen LogP contribution in [0.2, 0.25) is 5.02 Å². The number of fused-ring (bicyclic) bond motifs is 1. The molecule has 1 aromatic carbocycles. The van der Waals surface area contributed by atoms with E-state index in [-0.39, 0.29) is 0 Å². The highest BCUT2D eigenvalue weighted by Gasteiger charge is 2.07. The molecular formula is C11H12ClN3S2. The van der Waals surface area contributed by atoms with E-state index in [1.807, 2.05) is 18.2 Å². The molecule has 0 fully saturated rings. The second-order valence-corrected chi connectivity index (χ2v) is 5.33. The number of para-hydroxylation sites is 1. The summed E-state index contributed by atoms with van der Waals surface area (Å²) in [7, 11) is 0. The maximum atomic E-state index is 6.06.